The molecule has 0 saturated carbocycles. The number of nitrogens with zero attached hydrogens (tertiary/aromatic N) is 3. The van der Waals surface area contributed by atoms with Crippen LogP contribution in [-0.2, 0) is 22.4 Å². The van der Waals surface area contributed by atoms with Gasteiger partial charge in [-0.3, -0.25) is 4.40 Å². The summed E-state index contributed by atoms with van der Waals surface area (Å²) in [6, 6.07) is 6.13. The van der Waals surface area contributed by atoms with Crippen molar-refractivity contribution in [3.05, 3.63) is 63.0 Å². The maximum Gasteiger partial charge on any atom is 0.363 e. The number of benzene rings is 1. The summed E-state index contributed by atoms with van der Waals surface area (Å²) in [5.41, 5.74) is 4.37. The Morgan fingerprint density at radius 3 is 3.08 bits per heavy atom. The van der Waals surface area contributed by atoms with Crippen LogP contribution in [0, 0.1) is 0 Å². The van der Waals surface area contributed by atoms with Gasteiger partial charge in [0.05, 0.1) is 5.69 Å². The molecule has 0 bridgehead atoms. The number of aromatic nitrogens is 2. The zero-order valence-electron chi connectivity index (χ0n) is 13.0. The topological polar surface area (TPSA) is 56.0 Å². The predicted octanol–water partition coefficient (Wildman–Crippen LogP) is 3.88. The van der Waals surface area contributed by atoms with Crippen LogP contribution in [0.25, 0.3) is 11.0 Å². The highest BCUT2D eigenvalue weighted by Gasteiger charge is 2.26. The van der Waals surface area contributed by atoms with Crippen LogP contribution in [0.5, 0.6) is 0 Å². The molecule has 5 nitrogen and oxygen atoms in total. The van der Waals surface area contributed by atoms with E-state index in [0.717, 1.165) is 23.4 Å². The number of hydrogen-bond acceptors (Lipinski definition) is 5. The van der Waals surface area contributed by atoms with Gasteiger partial charge in [-0.15, -0.1) is 11.3 Å². The van der Waals surface area contributed by atoms with Crippen molar-refractivity contribution < 1.29 is 9.53 Å². The molecular formula is C18H12ClN3O2S. The van der Waals surface area contributed by atoms with Crippen molar-refractivity contribution in [2.75, 3.05) is 0 Å². The van der Waals surface area contributed by atoms with E-state index in [9.17, 15) is 4.79 Å². The van der Waals surface area contributed by atoms with Gasteiger partial charge >= 0.3 is 5.97 Å². The highest BCUT2D eigenvalue weighted by atomic mass is 35.5. The maximum absolute atomic E-state index is 12.2. The fraction of sp³-hybridized carbons (Fsp3) is 0.167. The van der Waals surface area contributed by atoms with E-state index >= 15 is 0 Å². The lowest BCUT2D eigenvalue weighted by atomic mass is 10.1. The number of imidazole rings is 1. The van der Waals surface area contributed by atoms with Crippen LogP contribution in [0.4, 0.5) is 0 Å². The van der Waals surface area contributed by atoms with E-state index in [1.807, 2.05) is 22.0 Å². The summed E-state index contributed by atoms with van der Waals surface area (Å²) < 4.78 is 7.20. The fourth-order valence-corrected chi connectivity index (χ4v) is 4.27. The molecule has 2 aliphatic rings. The molecule has 0 atom stereocenters. The second-order valence-electron chi connectivity index (χ2n) is 6.02. The molecule has 7 heteroatoms. The second kappa shape index (κ2) is 5.54. The SMILES string of the molecule is O=C1OC(c2ccc3c(c2)CCC3)=N/C1=C/c1c(Cl)nc2sccn12. The quantitative estimate of drug-likeness (QED) is 0.508. The summed E-state index contributed by atoms with van der Waals surface area (Å²) >= 11 is 7.66. The lowest BCUT2D eigenvalue weighted by molar-refractivity contribution is -0.129. The lowest BCUT2D eigenvalue weighted by Crippen LogP contribution is -2.06. The van der Waals surface area contributed by atoms with Gasteiger partial charge in [0, 0.05) is 17.1 Å². The molecule has 0 N–H and O–H groups in total. The van der Waals surface area contributed by atoms with Crippen molar-refractivity contribution >= 4 is 45.8 Å². The first-order chi connectivity index (χ1) is 12.2. The molecule has 0 radical (unpaired) electrons. The zero-order valence-corrected chi connectivity index (χ0v) is 14.6. The Kier molecular flexibility index (Phi) is 3.29. The smallest absolute Gasteiger partial charge is 0.363 e. The van der Waals surface area contributed by atoms with Crippen molar-refractivity contribution in [2.45, 2.75) is 19.3 Å². The highest BCUT2D eigenvalue weighted by Crippen LogP contribution is 2.28. The van der Waals surface area contributed by atoms with Gasteiger partial charge in [0.1, 0.15) is 0 Å². The third-order valence-electron chi connectivity index (χ3n) is 4.49. The molecule has 25 heavy (non-hydrogen) atoms. The molecule has 3 aromatic rings. The summed E-state index contributed by atoms with van der Waals surface area (Å²) in [5, 5.41) is 2.25. The summed E-state index contributed by atoms with van der Waals surface area (Å²) in [7, 11) is 0. The molecule has 2 aromatic heterocycles. The van der Waals surface area contributed by atoms with Gasteiger partial charge in [-0.05, 0) is 48.6 Å². The summed E-state index contributed by atoms with van der Waals surface area (Å²) in [4.78, 5) is 21.6. The molecule has 3 heterocycles. The normalized spacial score (nSPS) is 18.0. The number of ether oxygens (including phenoxy) is 1. The van der Waals surface area contributed by atoms with Gasteiger partial charge in [-0.1, -0.05) is 17.7 Å². The number of carbonyl (C=O) groups is 1. The number of aliphatic imine (C=N–C) groups is 1. The molecule has 0 spiro atoms. The Hall–Kier alpha value is -2.44. The lowest BCUT2D eigenvalue weighted by Gasteiger charge is -2.03. The van der Waals surface area contributed by atoms with E-state index in [2.05, 4.69) is 22.1 Å². The van der Waals surface area contributed by atoms with Crippen molar-refractivity contribution in [1.29, 1.82) is 0 Å². The first-order valence-corrected chi connectivity index (χ1v) is 9.20. The van der Waals surface area contributed by atoms with Crippen LogP contribution >= 0.6 is 22.9 Å². The first kappa shape index (κ1) is 14.9. The van der Waals surface area contributed by atoms with Gasteiger partial charge in [-0.2, -0.15) is 0 Å². The third kappa shape index (κ3) is 2.41. The number of esters is 1. The van der Waals surface area contributed by atoms with Crippen molar-refractivity contribution in [3.8, 4) is 0 Å². The van der Waals surface area contributed by atoms with Crippen molar-refractivity contribution in [2.24, 2.45) is 4.99 Å². The number of halogens is 1. The minimum absolute atomic E-state index is 0.227. The molecule has 1 aromatic carbocycles. The highest BCUT2D eigenvalue weighted by molar-refractivity contribution is 7.15. The molecule has 1 aliphatic heterocycles. The molecule has 5 rings (SSSR count). The molecule has 124 valence electrons. The number of cyclic esters (lactones) is 1. The Balaban J connectivity index is 1.55. The van der Waals surface area contributed by atoms with Gasteiger partial charge in [-0.25, -0.2) is 14.8 Å². The standard InChI is InChI=1S/C18H12ClN3O2S/c19-15-14(22-6-7-25-18(22)21-15)9-13-17(23)24-16(20-13)12-5-4-10-2-1-3-11(10)8-12/h4-9H,1-3H2/b13-9+. The number of carbonyl (C=O) groups excluding carboxylic acids is 1. The van der Waals surface area contributed by atoms with E-state index in [-0.39, 0.29) is 5.70 Å². The van der Waals surface area contributed by atoms with Crippen LogP contribution in [0.15, 0.2) is 40.5 Å². The van der Waals surface area contributed by atoms with Gasteiger partial charge in [0.15, 0.2) is 15.8 Å². The van der Waals surface area contributed by atoms with E-state index in [1.54, 1.807) is 6.08 Å². The number of thiazole rings is 1. The number of rotatable bonds is 2. The van der Waals surface area contributed by atoms with Gasteiger partial charge < -0.3 is 4.74 Å². The third-order valence-corrected chi connectivity index (χ3v) is 5.53. The van der Waals surface area contributed by atoms with Crippen LogP contribution in [0.2, 0.25) is 5.15 Å². The largest absolute Gasteiger partial charge is 0.402 e. The fourth-order valence-electron chi connectivity index (χ4n) is 3.27. The van der Waals surface area contributed by atoms with Gasteiger partial charge in [0.25, 0.3) is 0 Å². The minimum Gasteiger partial charge on any atom is -0.402 e. The van der Waals surface area contributed by atoms with Crippen LogP contribution < -0.4 is 0 Å². The molecule has 0 saturated heterocycles. The Morgan fingerprint density at radius 1 is 1.28 bits per heavy atom. The van der Waals surface area contributed by atoms with Crippen LogP contribution in [-0.4, -0.2) is 21.3 Å². The average molecular weight is 370 g/mol. The summed E-state index contributed by atoms with van der Waals surface area (Å²) in [5.74, 6) is -0.134. The molecule has 0 fully saturated rings. The Morgan fingerprint density at radius 2 is 2.16 bits per heavy atom. The first-order valence-electron chi connectivity index (χ1n) is 7.95. The maximum atomic E-state index is 12.2. The molecule has 0 unspecified atom stereocenters. The number of aryl methyl sites for hydroxylation is 2. The van der Waals surface area contributed by atoms with E-state index in [4.69, 9.17) is 16.3 Å². The zero-order chi connectivity index (χ0) is 17.0. The van der Waals surface area contributed by atoms with Gasteiger partial charge in [0.2, 0.25) is 5.90 Å². The predicted molar refractivity (Wildman–Crippen MR) is 97.2 cm³/mol. The minimum atomic E-state index is -0.475. The second-order valence-corrected chi connectivity index (χ2v) is 7.25. The van der Waals surface area contributed by atoms with E-state index in [0.29, 0.717) is 16.7 Å². The van der Waals surface area contributed by atoms with E-state index < -0.39 is 5.97 Å². The van der Waals surface area contributed by atoms with Crippen LogP contribution in [0.1, 0.15) is 28.8 Å². The van der Waals surface area contributed by atoms with Crippen molar-refractivity contribution in [3.63, 3.8) is 0 Å². The molecule has 1 aliphatic carbocycles. The summed E-state index contributed by atoms with van der Waals surface area (Å²) in [6.45, 7) is 0. The molecule has 0 amide bonds. The summed E-state index contributed by atoms with van der Waals surface area (Å²) in [6.07, 6.45) is 6.83. The van der Waals surface area contributed by atoms with Crippen LogP contribution in [0.3, 0.4) is 0 Å². The van der Waals surface area contributed by atoms with E-state index in [1.165, 1.54) is 28.9 Å². The van der Waals surface area contributed by atoms with Crippen molar-refractivity contribution in [1.82, 2.24) is 9.38 Å². The molecular weight excluding hydrogens is 358 g/mol. The number of hydrogen-bond donors (Lipinski definition) is 0. The monoisotopic (exact) mass is 369 g/mol. The Bertz CT molecular complexity index is 1090. The average Bonchev–Trinajstić information content (AvgIpc) is 3.34. The Labute approximate surface area is 152 Å². The number of fused-ring (bicyclic) bond motifs is 2.